The average molecular weight is 378 g/mol. The largest absolute Gasteiger partial charge is 0.245 e. The summed E-state index contributed by atoms with van der Waals surface area (Å²) in [7, 11) is 0. The molecule has 0 atom stereocenters. The Morgan fingerprint density at radius 2 is 1.77 bits per heavy atom. The van der Waals surface area contributed by atoms with Crippen LogP contribution in [0, 0.1) is 11.6 Å². The first-order valence-electron chi connectivity index (χ1n) is 6.46. The predicted molar refractivity (Wildman–Crippen MR) is 89.6 cm³/mol. The molecule has 0 fully saturated rings. The Morgan fingerprint density at radius 1 is 1.05 bits per heavy atom. The van der Waals surface area contributed by atoms with Gasteiger partial charge in [0.15, 0.2) is 0 Å². The third-order valence-corrected chi connectivity index (χ3v) is 4.44. The monoisotopic (exact) mass is 377 g/mol. The van der Waals surface area contributed by atoms with Gasteiger partial charge in [-0.1, -0.05) is 40.2 Å². The van der Waals surface area contributed by atoms with Crippen LogP contribution in [0.25, 0.3) is 11.6 Å². The van der Waals surface area contributed by atoms with Crippen molar-refractivity contribution in [3.63, 3.8) is 0 Å². The minimum absolute atomic E-state index is 0.0533. The number of hydrogen-bond acceptors (Lipinski definition) is 2. The Hall–Kier alpha value is -1.85. The maximum Gasteiger partial charge on any atom is 0.133 e. The number of thiazole rings is 1. The molecule has 3 rings (SSSR count). The molecule has 1 nitrogen and oxygen atoms in total. The van der Waals surface area contributed by atoms with Gasteiger partial charge in [0.1, 0.15) is 11.6 Å². The predicted octanol–water partition coefficient (Wildman–Crippen LogP) is 5.77. The summed E-state index contributed by atoms with van der Waals surface area (Å²) in [6.07, 6.45) is 1.69. The van der Waals surface area contributed by atoms with Gasteiger partial charge >= 0.3 is 0 Å². The van der Waals surface area contributed by atoms with Crippen molar-refractivity contribution in [2.24, 2.45) is 0 Å². The summed E-state index contributed by atoms with van der Waals surface area (Å²) >= 11 is 4.87. The van der Waals surface area contributed by atoms with Gasteiger partial charge in [-0.25, -0.2) is 13.8 Å². The van der Waals surface area contributed by atoms with Gasteiger partial charge in [-0.2, -0.15) is 0 Å². The minimum Gasteiger partial charge on any atom is -0.245 e. The van der Waals surface area contributed by atoms with Crippen molar-refractivity contribution in [1.82, 2.24) is 4.98 Å². The number of hydrogen-bond donors (Lipinski definition) is 0. The fourth-order valence-corrected chi connectivity index (χ4v) is 3.17. The number of halogens is 3. The summed E-state index contributed by atoms with van der Waals surface area (Å²) in [5.41, 5.74) is 3.45. The molecule has 0 aliphatic carbocycles. The van der Waals surface area contributed by atoms with Crippen LogP contribution in [0.1, 0.15) is 16.8 Å². The van der Waals surface area contributed by atoms with Crippen LogP contribution in [0.3, 0.4) is 0 Å². The highest BCUT2D eigenvalue weighted by atomic mass is 79.9. The van der Waals surface area contributed by atoms with Crippen LogP contribution < -0.4 is 0 Å². The van der Waals surface area contributed by atoms with Crippen molar-refractivity contribution in [1.29, 1.82) is 0 Å². The minimum atomic E-state index is -0.600. The van der Waals surface area contributed by atoms with E-state index in [0.717, 1.165) is 4.47 Å². The van der Waals surface area contributed by atoms with Crippen LogP contribution in [0.2, 0.25) is 0 Å². The molecule has 0 unspecified atom stereocenters. The molecule has 5 heteroatoms. The van der Waals surface area contributed by atoms with Crippen LogP contribution >= 0.6 is 27.3 Å². The van der Waals surface area contributed by atoms with Crippen LogP contribution in [0.5, 0.6) is 0 Å². The van der Waals surface area contributed by atoms with Gasteiger partial charge in [0.25, 0.3) is 0 Å². The van der Waals surface area contributed by atoms with E-state index in [-0.39, 0.29) is 5.56 Å². The Labute approximate surface area is 139 Å². The van der Waals surface area contributed by atoms with E-state index in [4.69, 9.17) is 0 Å². The average Bonchev–Trinajstić information content (AvgIpc) is 3.00. The van der Waals surface area contributed by atoms with Crippen molar-refractivity contribution < 1.29 is 8.78 Å². The highest BCUT2D eigenvalue weighted by molar-refractivity contribution is 9.10. The van der Waals surface area contributed by atoms with Gasteiger partial charge in [0.2, 0.25) is 0 Å². The van der Waals surface area contributed by atoms with E-state index in [1.54, 1.807) is 11.6 Å². The summed E-state index contributed by atoms with van der Waals surface area (Å²) in [6.45, 7) is 0. The Kier molecular flexibility index (Phi) is 4.45. The van der Waals surface area contributed by atoms with Crippen LogP contribution in [-0.2, 0) is 0 Å². The van der Waals surface area contributed by atoms with Crippen molar-refractivity contribution in [3.05, 3.63) is 86.3 Å². The van der Waals surface area contributed by atoms with E-state index >= 15 is 0 Å². The highest BCUT2D eigenvalue weighted by Crippen LogP contribution is 2.34. The topological polar surface area (TPSA) is 12.9 Å². The third-order valence-electron chi connectivity index (χ3n) is 3.14. The molecule has 22 heavy (non-hydrogen) atoms. The summed E-state index contributed by atoms with van der Waals surface area (Å²) < 4.78 is 29.2. The lowest BCUT2D eigenvalue weighted by molar-refractivity contribution is 0.577. The fraction of sp³-hybridized carbons (Fsp3) is 0. The standard InChI is InChI=1S/C17H10BrF2NS/c18-14-5-2-1-4-12(14)13(8-11-9-22-10-21-11)17-15(19)6-3-7-16(17)20/h1-10H/b13-8-. The first kappa shape index (κ1) is 15.1. The smallest absolute Gasteiger partial charge is 0.133 e. The normalized spacial score (nSPS) is 11.7. The van der Waals surface area contributed by atoms with Crippen molar-refractivity contribution >= 4 is 38.9 Å². The zero-order chi connectivity index (χ0) is 15.5. The van der Waals surface area contributed by atoms with Crippen LogP contribution in [-0.4, -0.2) is 4.98 Å². The maximum absolute atomic E-state index is 14.2. The Balaban J connectivity index is 2.27. The SMILES string of the molecule is Fc1cccc(F)c1/C(=C\c1cscn1)c1ccccc1Br. The van der Waals surface area contributed by atoms with Crippen molar-refractivity contribution in [2.75, 3.05) is 0 Å². The summed E-state index contributed by atoms with van der Waals surface area (Å²) in [5, 5.41) is 1.83. The van der Waals surface area contributed by atoms with Crippen molar-refractivity contribution in [2.45, 2.75) is 0 Å². The Bertz CT molecular complexity index is 808. The van der Waals surface area contributed by atoms with E-state index in [1.165, 1.54) is 29.5 Å². The fourth-order valence-electron chi connectivity index (χ4n) is 2.16. The zero-order valence-electron chi connectivity index (χ0n) is 11.3. The molecule has 3 aromatic rings. The van der Waals surface area contributed by atoms with Gasteiger partial charge in [0.05, 0.1) is 16.8 Å². The van der Waals surface area contributed by atoms with E-state index < -0.39 is 11.6 Å². The first-order valence-corrected chi connectivity index (χ1v) is 8.19. The molecular weight excluding hydrogens is 368 g/mol. The van der Waals surface area contributed by atoms with Crippen molar-refractivity contribution in [3.8, 4) is 0 Å². The van der Waals surface area contributed by atoms with Crippen LogP contribution in [0.4, 0.5) is 8.78 Å². The molecule has 0 saturated heterocycles. The van der Waals surface area contributed by atoms with E-state index in [2.05, 4.69) is 20.9 Å². The van der Waals surface area contributed by atoms with Crippen LogP contribution in [0.15, 0.2) is 57.8 Å². The van der Waals surface area contributed by atoms with Gasteiger partial charge in [-0.3, -0.25) is 0 Å². The molecule has 0 N–H and O–H groups in total. The number of aromatic nitrogens is 1. The first-order chi connectivity index (χ1) is 10.7. The summed E-state index contributed by atoms with van der Waals surface area (Å²) in [6, 6.07) is 11.2. The molecule has 0 saturated carbocycles. The molecule has 0 bridgehead atoms. The van der Waals surface area contributed by atoms with E-state index in [0.29, 0.717) is 16.8 Å². The van der Waals surface area contributed by atoms with E-state index in [9.17, 15) is 8.78 Å². The zero-order valence-corrected chi connectivity index (χ0v) is 13.7. The molecule has 1 aromatic heterocycles. The number of nitrogens with zero attached hydrogens (tertiary/aromatic N) is 1. The van der Waals surface area contributed by atoms with E-state index in [1.807, 2.05) is 29.6 Å². The molecule has 0 aliphatic rings. The third kappa shape index (κ3) is 3.00. The number of benzene rings is 2. The molecule has 1 heterocycles. The van der Waals surface area contributed by atoms with Gasteiger partial charge in [-0.15, -0.1) is 11.3 Å². The molecule has 2 aromatic carbocycles. The quantitative estimate of drug-likeness (QED) is 0.564. The molecular formula is C17H10BrF2NS. The highest BCUT2D eigenvalue weighted by Gasteiger charge is 2.17. The van der Waals surface area contributed by atoms with Gasteiger partial charge in [-0.05, 0) is 35.4 Å². The lowest BCUT2D eigenvalue weighted by Gasteiger charge is -2.12. The second kappa shape index (κ2) is 6.50. The van der Waals surface area contributed by atoms with Gasteiger partial charge < -0.3 is 0 Å². The molecule has 0 radical (unpaired) electrons. The molecule has 0 spiro atoms. The molecule has 0 aliphatic heterocycles. The summed E-state index contributed by atoms with van der Waals surface area (Å²) in [5.74, 6) is -1.20. The maximum atomic E-state index is 14.2. The Morgan fingerprint density at radius 3 is 2.41 bits per heavy atom. The second-order valence-corrected chi connectivity index (χ2v) is 6.12. The lowest BCUT2D eigenvalue weighted by atomic mass is 9.96. The molecule has 110 valence electrons. The van der Waals surface area contributed by atoms with Gasteiger partial charge in [0, 0.05) is 9.85 Å². The lowest BCUT2D eigenvalue weighted by Crippen LogP contribution is -1.97. The molecule has 0 amide bonds. The number of rotatable bonds is 3. The summed E-state index contributed by atoms with van der Waals surface area (Å²) in [4.78, 5) is 4.18. The second-order valence-electron chi connectivity index (χ2n) is 4.55.